The molecule has 1 nitrogen and oxygen atoms in total. The van der Waals surface area contributed by atoms with Crippen LogP contribution in [-0.2, 0) is 27.3 Å². The first-order chi connectivity index (χ1) is 2.56. The molecule has 0 bridgehead atoms. The van der Waals surface area contributed by atoms with Crippen molar-refractivity contribution in [2.24, 2.45) is 0 Å². The first-order valence-corrected chi connectivity index (χ1v) is 2.46. The molecule has 0 aromatic heterocycles. The quantitative estimate of drug-likeness (QED) is 0.299. The van der Waals surface area contributed by atoms with Gasteiger partial charge in [0, 0.05) is 27.3 Å². The first kappa shape index (κ1) is 29.6. The topological polar surface area (TPSA) is 0 Å². The van der Waals surface area contributed by atoms with Gasteiger partial charge in [0.25, 0.3) is 0 Å². The van der Waals surface area contributed by atoms with Crippen LogP contribution in [0.4, 0.5) is 0 Å². The van der Waals surface area contributed by atoms with Crippen LogP contribution in [0, 0.1) is 0 Å². The number of alkyl halides is 1. The van der Waals surface area contributed by atoms with Crippen LogP contribution in [0.15, 0.2) is 0 Å². The molecule has 10 heavy (non-hydrogen) atoms. The number of quaternary nitrogens is 1. The second-order valence-electron chi connectivity index (χ2n) is 2.41. The molecule has 64 valence electrons. The molecule has 0 atom stereocenters. The van der Waals surface area contributed by atoms with Crippen molar-refractivity contribution in [1.29, 1.82) is 0 Å². The van der Waals surface area contributed by atoms with Gasteiger partial charge in [0.05, 0.1) is 21.1 Å². The fourth-order valence-electron chi connectivity index (χ4n) is 0. The molecular formula is C4H14CdCl4N+. The van der Waals surface area contributed by atoms with Gasteiger partial charge in [-0.2, -0.15) is 0 Å². The van der Waals surface area contributed by atoms with E-state index in [0.717, 1.165) is 4.48 Å². The molecule has 0 spiro atoms. The molecule has 0 N–H and O–H groups in total. The van der Waals surface area contributed by atoms with Crippen molar-refractivity contribution in [3.63, 3.8) is 0 Å². The molecule has 0 heterocycles. The van der Waals surface area contributed by atoms with E-state index in [9.17, 15) is 0 Å². The third-order valence-electron chi connectivity index (χ3n) is 0.359. The average molecular weight is 330 g/mol. The predicted molar refractivity (Wildman–Crippen MR) is 50.5 cm³/mol. The molecule has 0 fully saturated rings. The zero-order valence-electron chi connectivity index (χ0n) is 6.46. The van der Waals surface area contributed by atoms with Crippen LogP contribution in [0.3, 0.4) is 0 Å². The van der Waals surface area contributed by atoms with Gasteiger partial charge in [0.15, 0.2) is 6.00 Å². The Morgan fingerprint density at radius 2 is 1.10 bits per heavy atom. The molecule has 0 saturated heterocycles. The SMILES string of the molecule is C[N+](C)(C)CCl.Cl.Cl.Cl.[Cd]. The number of hydrogen-bond donors (Lipinski definition) is 0. The minimum atomic E-state index is 0. The Balaban J connectivity index is -0.0000000208. The van der Waals surface area contributed by atoms with Crippen LogP contribution in [-0.4, -0.2) is 31.6 Å². The van der Waals surface area contributed by atoms with E-state index in [-0.39, 0.29) is 64.5 Å². The zero-order chi connectivity index (χ0) is 5.21. The number of halogens is 4. The second kappa shape index (κ2) is 13.6. The first-order valence-electron chi connectivity index (χ1n) is 1.93. The van der Waals surface area contributed by atoms with Gasteiger partial charge in [-0.3, -0.25) is 0 Å². The van der Waals surface area contributed by atoms with Crippen LogP contribution in [0.1, 0.15) is 0 Å². The molecule has 0 amide bonds. The molecule has 0 rings (SSSR count). The molecule has 0 radical (unpaired) electrons. The monoisotopic (exact) mass is 330 g/mol. The Kier molecular flexibility index (Phi) is 40.3. The number of nitrogens with zero attached hydrogens (tertiary/aromatic N) is 1. The van der Waals surface area contributed by atoms with E-state index >= 15 is 0 Å². The molecule has 0 aromatic rings. The molecular weight excluding hydrogens is 316 g/mol. The van der Waals surface area contributed by atoms with Gasteiger partial charge in [0.2, 0.25) is 0 Å². The van der Waals surface area contributed by atoms with Crippen molar-refractivity contribution in [3.05, 3.63) is 0 Å². The summed E-state index contributed by atoms with van der Waals surface area (Å²) in [5.41, 5.74) is 0. The number of hydrogen-bond acceptors (Lipinski definition) is 0. The third-order valence-corrected chi connectivity index (χ3v) is 1.08. The maximum atomic E-state index is 5.45. The van der Waals surface area contributed by atoms with Gasteiger partial charge < -0.3 is 4.48 Å². The second-order valence-corrected chi connectivity index (χ2v) is 2.65. The van der Waals surface area contributed by atoms with Crippen molar-refractivity contribution in [1.82, 2.24) is 0 Å². The van der Waals surface area contributed by atoms with Crippen LogP contribution < -0.4 is 0 Å². The molecule has 0 aliphatic carbocycles. The maximum absolute atomic E-state index is 5.45. The van der Waals surface area contributed by atoms with E-state index in [4.69, 9.17) is 11.6 Å². The van der Waals surface area contributed by atoms with Crippen LogP contribution in [0.5, 0.6) is 0 Å². The summed E-state index contributed by atoms with van der Waals surface area (Å²) in [6, 6.07) is 0.681. The Bertz CT molecular complexity index is 47.0. The summed E-state index contributed by atoms with van der Waals surface area (Å²) in [6.07, 6.45) is 0. The molecule has 6 heteroatoms. The number of rotatable bonds is 1. The smallest absolute Gasteiger partial charge is 0.154 e. The summed E-state index contributed by atoms with van der Waals surface area (Å²) in [4.78, 5) is 0. The van der Waals surface area contributed by atoms with Crippen molar-refractivity contribution in [2.45, 2.75) is 0 Å². The normalized spacial score (nSPS) is 7.20. The Hall–Kier alpha value is 2.04. The van der Waals surface area contributed by atoms with E-state index in [1.165, 1.54) is 0 Å². The Morgan fingerprint density at radius 1 is 1.00 bits per heavy atom. The van der Waals surface area contributed by atoms with Gasteiger partial charge in [-0.1, -0.05) is 11.6 Å². The van der Waals surface area contributed by atoms with Crippen LogP contribution >= 0.6 is 48.8 Å². The van der Waals surface area contributed by atoms with Crippen LogP contribution in [0.2, 0.25) is 0 Å². The molecule has 0 aromatic carbocycles. The summed E-state index contributed by atoms with van der Waals surface area (Å²) in [5, 5.41) is 0. The Labute approximate surface area is 107 Å². The summed E-state index contributed by atoms with van der Waals surface area (Å²) < 4.78 is 0.835. The van der Waals surface area contributed by atoms with Crippen LogP contribution in [0.25, 0.3) is 0 Å². The van der Waals surface area contributed by atoms with Gasteiger partial charge >= 0.3 is 0 Å². The minimum Gasteiger partial charge on any atom is -0.318 e. The standard InChI is InChI=1S/C4H11ClN.Cd.3ClH/c1-6(2,3)4-5;;;;/h4H2,1-3H3;;3*1H/q+1;;;;. The maximum Gasteiger partial charge on any atom is 0.154 e. The zero-order valence-corrected chi connectivity index (χ0v) is 13.7. The van der Waals surface area contributed by atoms with Gasteiger partial charge in [-0.15, -0.1) is 37.2 Å². The van der Waals surface area contributed by atoms with Gasteiger partial charge in [0.1, 0.15) is 0 Å². The summed E-state index contributed by atoms with van der Waals surface area (Å²) in [7, 11) is 6.15. The Morgan fingerprint density at radius 3 is 1.10 bits per heavy atom. The van der Waals surface area contributed by atoms with E-state index in [2.05, 4.69) is 0 Å². The molecule has 0 aliphatic heterocycles. The molecule has 0 saturated carbocycles. The van der Waals surface area contributed by atoms with E-state index in [0.29, 0.717) is 6.00 Å². The fourth-order valence-corrected chi connectivity index (χ4v) is 0. The van der Waals surface area contributed by atoms with Crippen molar-refractivity contribution in [3.8, 4) is 0 Å². The average Bonchev–Trinajstić information content (AvgIpc) is 1.35. The third kappa shape index (κ3) is 32.3. The van der Waals surface area contributed by atoms with Gasteiger partial charge in [-0.05, 0) is 0 Å². The van der Waals surface area contributed by atoms with E-state index < -0.39 is 0 Å². The van der Waals surface area contributed by atoms with Crippen molar-refractivity contribution < 1.29 is 31.8 Å². The summed E-state index contributed by atoms with van der Waals surface area (Å²) in [5.74, 6) is 0. The summed E-state index contributed by atoms with van der Waals surface area (Å²) >= 11 is 5.45. The molecule has 0 aliphatic rings. The van der Waals surface area contributed by atoms with Gasteiger partial charge in [-0.25, -0.2) is 0 Å². The summed E-state index contributed by atoms with van der Waals surface area (Å²) in [6.45, 7) is 0. The van der Waals surface area contributed by atoms with E-state index in [1.807, 2.05) is 21.1 Å². The predicted octanol–water partition coefficient (Wildman–Crippen LogP) is 2.15. The molecule has 0 unspecified atom stereocenters. The largest absolute Gasteiger partial charge is 0.318 e. The fraction of sp³-hybridized carbons (Fsp3) is 1.00. The van der Waals surface area contributed by atoms with Crippen molar-refractivity contribution >= 4 is 48.8 Å². The van der Waals surface area contributed by atoms with E-state index in [1.54, 1.807) is 0 Å². The van der Waals surface area contributed by atoms with Crippen molar-refractivity contribution in [2.75, 3.05) is 27.1 Å². The minimum absolute atomic E-state index is 0.